The number of anilines is 1. The summed E-state index contributed by atoms with van der Waals surface area (Å²) < 4.78 is 5.21. The third kappa shape index (κ3) is 2.52. The Bertz CT molecular complexity index is 439. The minimum Gasteiger partial charge on any atom is -0.481 e. The highest BCUT2D eigenvalue weighted by Crippen LogP contribution is 2.32. The van der Waals surface area contributed by atoms with Crippen LogP contribution < -0.4 is 9.64 Å². The molecule has 5 nitrogen and oxygen atoms in total. The number of methoxy groups -OCH3 is 1. The molecule has 0 aliphatic carbocycles. The Morgan fingerprint density at radius 2 is 2.21 bits per heavy atom. The van der Waals surface area contributed by atoms with Gasteiger partial charge in [-0.15, -0.1) is 0 Å². The van der Waals surface area contributed by atoms with Gasteiger partial charge in [-0.2, -0.15) is 4.98 Å². The van der Waals surface area contributed by atoms with Gasteiger partial charge in [0.15, 0.2) is 0 Å². The molecule has 0 spiro atoms. The van der Waals surface area contributed by atoms with E-state index >= 15 is 0 Å². The van der Waals surface area contributed by atoms with Gasteiger partial charge in [0.05, 0.1) is 7.11 Å². The monoisotopic (exact) mass is 262 g/mol. The maximum absolute atomic E-state index is 5.21. The highest BCUT2D eigenvalue weighted by atomic mass is 16.5. The van der Waals surface area contributed by atoms with E-state index in [-0.39, 0.29) is 0 Å². The molecule has 0 amide bonds. The first kappa shape index (κ1) is 12.7. The second-order valence-corrected chi connectivity index (χ2v) is 5.61. The fourth-order valence-corrected chi connectivity index (χ4v) is 3.42. The topological polar surface area (TPSA) is 41.5 Å². The van der Waals surface area contributed by atoms with E-state index in [1.54, 1.807) is 19.4 Å². The molecule has 2 atom stereocenters. The number of fused-ring (bicyclic) bond motifs is 1. The molecule has 3 heterocycles. The number of piperidine rings is 2. The molecule has 3 rings (SSSR count). The van der Waals surface area contributed by atoms with Gasteiger partial charge >= 0.3 is 0 Å². The van der Waals surface area contributed by atoms with Crippen molar-refractivity contribution in [3.05, 3.63) is 12.3 Å². The van der Waals surface area contributed by atoms with Crippen LogP contribution in [0.2, 0.25) is 0 Å². The summed E-state index contributed by atoms with van der Waals surface area (Å²) in [6.07, 6.45) is 5.56. The van der Waals surface area contributed by atoms with Crippen LogP contribution in [0.1, 0.15) is 19.3 Å². The molecular formula is C14H22N4O. The van der Waals surface area contributed by atoms with Crippen molar-refractivity contribution in [2.75, 3.05) is 38.7 Å². The van der Waals surface area contributed by atoms with Crippen molar-refractivity contribution < 1.29 is 4.74 Å². The summed E-state index contributed by atoms with van der Waals surface area (Å²) in [6.45, 7) is 3.44. The molecule has 0 radical (unpaired) electrons. The number of likely N-dealkylation sites (tertiary alicyclic amines) is 1. The smallest absolute Gasteiger partial charge is 0.228 e. The summed E-state index contributed by atoms with van der Waals surface area (Å²) in [7, 11) is 3.87. The largest absolute Gasteiger partial charge is 0.481 e. The Labute approximate surface area is 114 Å². The van der Waals surface area contributed by atoms with Crippen molar-refractivity contribution in [2.45, 2.75) is 25.3 Å². The molecule has 0 aromatic carbocycles. The Morgan fingerprint density at radius 3 is 3.05 bits per heavy atom. The predicted molar refractivity (Wildman–Crippen MR) is 74.6 cm³/mol. The average molecular weight is 262 g/mol. The first-order valence-corrected chi connectivity index (χ1v) is 7.10. The van der Waals surface area contributed by atoms with Gasteiger partial charge in [0.2, 0.25) is 11.8 Å². The van der Waals surface area contributed by atoms with E-state index in [1.165, 1.54) is 32.4 Å². The predicted octanol–water partition coefficient (Wildman–Crippen LogP) is 1.41. The van der Waals surface area contributed by atoms with Gasteiger partial charge < -0.3 is 14.5 Å². The zero-order valence-electron chi connectivity index (χ0n) is 11.7. The third-order valence-corrected chi connectivity index (χ3v) is 4.35. The molecule has 104 valence electrons. The van der Waals surface area contributed by atoms with E-state index in [9.17, 15) is 0 Å². The number of hydrogen-bond donors (Lipinski definition) is 0. The van der Waals surface area contributed by atoms with Crippen LogP contribution in [0, 0.1) is 5.92 Å². The molecule has 2 fully saturated rings. The molecule has 2 aliphatic heterocycles. The van der Waals surface area contributed by atoms with Crippen LogP contribution in [0.25, 0.3) is 0 Å². The summed E-state index contributed by atoms with van der Waals surface area (Å²) in [5.74, 6) is 2.24. The third-order valence-electron chi connectivity index (χ3n) is 4.35. The van der Waals surface area contributed by atoms with Crippen molar-refractivity contribution in [1.82, 2.24) is 14.9 Å². The zero-order chi connectivity index (χ0) is 13.2. The summed E-state index contributed by atoms with van der Waals surface area (Å²) in [5.41, 5.74) is 0. The van der Waals surface area contributed by atoms with E-state index < -0.39 is 0 Å². The lowest BCUT2D eigenvalue weighted by atomic mass is 9.84. The SMILES string of the molecule is COc1ccnc(N2CCC[C@@H]3CN(C)CC[C@H]32)n1. The minimum absolute atomic E-state index is 0.594. The van der Waals surface area contributed by atoms with Crippen molar-refractivity contribution >= 4 is 5.95 Å². The first-order valence-electron chi connectivity index (χ1n) is 7.10. The molecule has 2 saturated heterocycles. The van der Waals surface area contributed by atoms with Crippen LogP contribution >= 0.6 is 0 Å². The Balaban J connectivity index is 1.82. The molecule has 19 heavy (non-hydrogen) atoms. The van der Waals surface area contributed by atoms with Crippen molar-refractivity contribution in [3.63, 3.8) is 0 Å². The van der Waals surface area contributed by atoms with Crippen LogP contribution in [0.4, 0.5) is 5.95 Å². The van der Waals surface area contributed by atoms with E-state index in [4.69, 9.17) is 4.74 Å². The maximum Gasteiger partial charge on any atom is 0.228 e. The number of nitrogens with zero attached hydrogens (tertiary/aromatic N) is 4. The van der Waals surface area contributed by atoms with Crippen LogP contribution in [0.3, 0.4) is 0 Å². The van der Waals surface area contributed by atoms with Crippen LogP contribution in [0.5, 0.6) is 5.88 Å². The van der Waals surface area contributed by atoms with Crippen LogP contribution in [-0.4, -0.2) is 54.7 Å². The molecule has 0 N–H and O–H groups in total. The average Bonchev–Trinajstić information content (AvgIpc) is 2.46. The van der Waals surface area contributed by atoms with E-state index in [0.29, 0.717) is 11.9 Å². The molecule has 1 aromatic rings. The van der Waals surface area contributed by atoms with Gasteiger partial charge in [-0.1, -0.05) is 0 Å². The Morgan fingerprint density at radius 1 is 1.32 bits per heavy atom. The lowest BCUT2D eigenvalue weighted by Gasteiger charge is -2.46. The standard InChI is InChI=1S/C14H22N4O/c1-17-9-6-12-11(10-17)4-3-8-18(12)14-15-7-5-13(16-14)19-2/h5,7,11-12H,3-4,6,8-10H2,1-2H3/t11-,12-/m1/s1. The van der Waals surface area contributed by atoms with Gasteiger partial charge in [0, 0.05) is 31.4 Å². The second kappa shape index (κ2) is 5.33. The summed E-state index contributed by atoms with van der Waals surface area (Å²) in [5, 5.41) is 0. The highest BCUT2D eigenvalue weighted by molar-refractivity contribution is 5.35. The van der Waals surface area contributed by atoms with Crippen molar-refractivity contribution in [3.8, 4) is 5.88 Å². The Kier molecular flexibility index (Phi) is 3.55. The van der Waals surface area contributed by atoms with Gasteiger partial charge in [-0.3, -0.25) is 0 Å². The molecule has 0 unspecified atom stereocenters. The molecular weight excluding hydrogens is 240 g/mol. The lowest BCUT2D eigenvalue weighted by molar-refractivity contribution is 0.153. The number of hydrogen-bond acceptors (Lipinski definition) is 5. The van der Waals surface area contributed by atoms with E-state index in [1.807, 2.05) is 0 Å². The lowest BCUT2D eigenvalue weighted by Crippen LogP contribution is -2.53. The molecule has 2 aliphatic rings. The van der Waals surface area contributed by atoms with Gasteiger partial charge in [-0.25, -0.2) is 4.98 Å². The summed E-state index contributed by atoms with van der Waals surface area (Å²) in [4.78, 5) is 13.8. The van der Waals surface area contributed by atoms with E-state index in [2.05, 4.69) is 26.8 Å². The number of ether oxygens (including phenoxy) is 1. The second-order valence-electron chi connectivity index (χ2n) is 5.61. The van der Waals surface area contributed by atoms with Crippen LogP contribution in [0.15, 0.2) is 12.3 Å². The normalized spacial score (nSPS) is 28.0. The minimum atomic E-state index is 0.594. The molecule has 0 saturated carbocycles. The fraction of sp³-hybridized carbons (Fsp3) is 0.714. The summed E-state index contributed by atoms with van der Waals surface area (Å²) in [6, 6.07) is 2.40. The Hall–Kier alpha value is -1.36. The number of rotatable bonds is 2. The van der Waals surface area contributed by atoms with Crippen molar-refractivity contribution in [2.24, 2.45) is 5.92 Å². The molecule has 1 aromatic heterocycles. The van der Waals surface area contributed by atoms with Gasteiger partial charge in [-0.05, 0) is 38.8 Å². The quantitative estimate of drug-likeness (QED) is 0.806. The first-order chi connectivity index (χ1) is 9.28. The van der Waals surface area contributed by atoms with Gasteiger partial charge in [0.1, 0.15) is 0 Å². The zero-order valence-corrected chi connectivity index (χ0v) is 11.7. The van der Waals surface area contributed by atoms with E-state index in [0.717, 1.165) is 18.4 Å². The van der Waals surface area contributed by atoms with Crippen molar-refractivity contribution in [1.29, 1.82) is 0 Å². The molecule has 0 bridgehead atoms. The van der Waals surface area contributed by atoms with Gasteiger partial charge in [0.25, 0.3) is 0 Å². The van der Waals surface area contributed by atoms with Crippen LogP contribution in [-0.2, 0) is 0 Å². The number of aromatic nitrogens is 2. The fourth-order valence-electron chi connectivity index (χ4n) is 3.42. The molecule has 5 heteroatoms. The maximum atomic E-state index is 5.21. The summed E-state index contributed by atoms with van der Waals surface area (Å²) >= 11 is 0. The highest BCUT2D eigenvalue weighted by Gasteiger charge is 2.36.